The number of thiophene rings is 1. The van der Waals surface area contributed by atoms with Gasteiger partial charge in [0, 0.05) is 27.3 Å². The van der Waals surface area contributed by atoms with Gasteiger partial charge >= 0.3 is 0 Å². The van der Waals surface area contributed by atoms with Gasteiger partial charge in [-0.15, -0.1) is 11.3 Å². The molecule has 2 heterocycles. The zero-order valence-corrected chi connectivity index (χ0v) is 21.5. The van der Waals surface area contributed by atoms with Crippen molar-refractivity contribution in [1.29, 1.82) is 0 Å². The molecular weight excluding hydrogens is 506 g/mol. The quantitative estimate of drug-likeness (QED) is 0.314. The van der Waals surface area contributed by atoms with Crippen LogP contribution in [0.4, 0.5) is 0 Å². The van der Waals surface area contributed by atoms with Crippen LogP contribution in [0.2, 0.25) is 5.02 Å². The summed E-state index contributed by atoms with van der Waals surface area (Å²) in [6.07, 6.45) is 0.693. The number of carbonyl (C=O) groups is 2. The molecule has 0 unspecified atom stereocenters. The molecule has 2 aromatic heterocycles. The molecule has 35 heavy (non-hydrogen) atoms. The van der Waals surface area contributed by atoms with Crippen molar-refractivity contribution >= 4 is 55.5 Å². The van der Waals surface area contributed by atoms with Crippen LogP contribution in [0.15, 0.2) is 63.7 Å². The van der Waals surface area contributed by atoms with Crippen LogP contribution in [-0.4, -0.2) is 38.3 Å². The summed E-state index contributed by atoms with van der Waals surface area (Å²) in [6, 6.07) is 13.7. The summed E-state index contributed by atoms with van der Waals surface area (Å²) in [6.45, 7) is 3.76. The largest absolute Gasteiger partial charge is 0.354 e. The average Bonchev–Trinajstić information content (AvgIpc) is 3.44. The third-order valence-electron chi connectivity index (χ3n) is 5.40. The highest BCUT2D eigenvalue weighted by Crippen LogP contribution is 2.34. The second-order valence-corrected chi connectivity index (χ2v) is 11.6. The molecule has 2 amide bonds. The number of nitrogens with one attached hydrogen (secondary N) is 3. The molecule has 10 heteroatoms. The number of hydrogen-bond donors (Lipinski definition) is 3. The Bertz CT molecular complexity index is 1490. The van der Waals surface area contributed by atoms with E-state index < -0.39 is 15.7 Å². The zero-order valence-electron chi connectivity index (χ0n) is 19.1. The number of halogens is 1. The monoisotopic (exact) mass is 529 g/mol. The molecular formula is C25H24ClN3O4S2. The normalized spacial score (nSPS) is 11.5. The Hall–Kier alpha value is -3.14. The van der Waals surface area contributed by atoms with Gasteiger partial charge in [-0.3, -0.25) is 9.59 Å². The van der Waals surface area contributed by atoms with Gasteiger partial charge in [-0.25, -0.2) is 8.42 Å². The van der Waals surface area contributed by atoms with Crippen molar-refractivity contribution in [1.82, 2.24) is 15.6 Å². The van der Waals surface area contributed by atoms with Crippen LogP contribution in [-0.2, 0) is 21.1 Å². The first-order valence-corrected chi connectivity index (χ1v) is 13.6. The van der Waals surface area contributed by atoms with E-state index in [-0.39, 0.29) is 27.9 Å². The van der Waals surface area contributed by atoms with Gasteiger partial charge in [0.2, 0.25) is 15.7 Å². The molecule has 0 radical (unpaired) electrons. The number of aryl methyl sites for hydroxylation is 2. The van der Waals surface area contributed by atoms with E-state index in [9.17, 15) is 18.0 Å². The Labute approximate surface area is 212 Å². The van der Waals surface area contributed by atoms with Gasteiger partial charge in [0.25, 0.3) is 5.91 Å². The number of H-pyrrole nitrogens is 1. The second-order valence-electron chi connectivity index (χ2n) is 8.21. The van der Waals surface area contributed by atoms with Crippen molar-refractivity contribution in [3.63, 3.8) is 0 Å². The Balaban J connectivity index is 1.60. The van der Waals surface area contributed by atoms with E-state index in [1.807, 2.05) is 37.4 Å². The van der Waals surface area contributed by atoms with Crippen LogP contribution in [0.1, 0.15) is 26.5 Å². The van der Waals surface area contributed by atoms with Gasteiger partial charge in [0.15, 0.2) is 0 Å². The smallest absolute Gasteiger partial charge is 0.269 e. The van der Waals surface area contributed by atoms with Gasteiger partial charge in [-0.2, -0.15) is 0 Å². The van der Waals surface area contributed by atoms with Gasteiger partial charge in [-0.1, -0.05) is 23.7 Å². The van der Waals surface area contributed by atoms with Crippen LogP contribution in [0.3, 0.4) is 0 Å². The van der Waals surface area contributed by atoms with Crippen molar-refractivity contribution in [2.24, 2.45) is 0 Å². The third kappa shape index (κ3) is 5.58. The Kier molecular flexibility index (Phi) is 7.30. The summed E-state index contributed by atoms with van der Waals surface area (Å²) < 4.78 is 27.4. The average molecular weight is 530 g/mol. The molecule has 0 fully saturated rings. The molecule has 0 aliphatic rings. The molecule has 4 aromatic rings. The van der Waals surface area contributed by atoms with E-state index >= 15 is 0 Å². The molecule has 0 atom stereocenters. The lowest BCUT2D eigenvalue weighted by Gasteiger charge is -2.10. The number of fused-ring (bicyclic) bond motifs is 1. The summed E-state index contributed by atoms with van der Waals surface area (Å²) in [7, 11) is -4.09. The Morgan fingerprint density at radius 1 is 1.03 bits per heavy atom. The lowest BCUT2D eigenvalue weighted by atomic mass is 10.2. The predicted molar refractivity (Wildman–Crippen MR) is 138 cm³/mol. The molecule has 0 aliphatic carbocycles. The van der Waals surface area contributed by atoms with E-state index in [0.29, 0.717) is 28.9 Å². The van der Waals surface area contributed by atoms with Crippen LogP contribution < -0.4 is 10.6 Å². The Morgan fingerprint density at radius 2 is 1.77 bits per heavy atom. The molecule has 7 nitrogen and oxygen atoms in total. The summed E-state index contributed by atoms with van der Waals surface area (Å²) in [5.74, 6) is -1.07. The van der Waals surface area contributed by atoms with E-state index in [2.05, 4.69) is 15.6 Å². The first kappa shape index (κ1) is 25.0. The zero-order chi connectivity index (χ0) is 25.2. The van der Waals surface area contributed by atoms with Crippen molar-refractivity contribution in [3.8, 4) is 0 Å². The number of hydrogen-bond acceptors (Lipinski definition) is 5. The second kappa shape index (κ2) is 10.2. The highest BCUT2D eigenvalue weighted by atomic mass is 35.5. The number of amides is 2. The van der Waals surface area contributed by atoms with Gasteiger partial charge < -0.3 is 15.6 Å². The number of aromatic nitrogens is 1. The van der Waals surface area contributed by atoms with Gasteiger partial charge in [0.05, 0.1) is 11.4 Å². The molecule has 0 saturated heterocycles. The predicted octanol–water partition coefficient (Wildman–Crippen LogP) is 4.42. The van der Waals surface area contributed by atoms with E-state index in [1.165, 1.54) is 6.07 Å². The van der Waals surface area contributed by atoms with Crippen molar-refractivity contribution < 1.29 is 18.0 Å². The topological polar surface area (TPSA) is 108 Å². The minimum Gasteiger partial charge on any atom is -0.354 e. The SMILES string of the molecule is Cc1cc(C)cc(S(=O)(=O)c2c(C(=O)NCC(=O)NCCc3cccs3)[nH]c3ccc(Cl)cc23)c1. The van der Waals surface area contributed by atoms with Crippen molar-refractivity contribution in [3.05, 3.63) is 80.6 Å². The fourth-order valence-corrected chi connectivity index (χ4v) is 6.55. The third-order valence-corrected chi connectivity index (χ3v) is 8.39. The molecule has 182 valence electrons. The molecule has 0 spiro atoms. The molecule has 0 bridgehead atoms. The summed E-state index contributed by atoms with van der Waals surface area (Å²) in [5.41, 5.74) is 1.87. The molecule has 0 aliphatic heterocycles. The lowest BCUT2D eigenvalue weighted by molar-refractivity contribution is -0.120. The first-order valence-electron chi connectivity index (χ1n) is 10.9. The highest BCUT2D eigenvalue weighted by molar-refractivity contribution is 7.91. The minimum absolute atomic E-state index is 0.0799. The number of carbonyl (C=O) groups excluding carboxylic acids is 2. The highest BCUT2D eigenvalue weighted by Gasteiger charge is 2.30. The van der Waals surface area contributed by atoms with Gasteiger partial charge in [-0.05, 0) is 73.2 Å². The Morgan fingerprint density at radius 3 is 2.46 bits per heavy atom. The summed E-state index contributed by atoms with van der Waals surface area (Å²) in [4.78, 5) is 29.3. The van der Waals surface area contributed by atoms with Crippen molar-refractivity contribution in [2.75, 3.05) is 13.1 Å². The van der Waals surface area contributed by atoms with Crippen molar-refractivity contribution in [2.45, 2.75) is 30.1 Å². The molecule has 0 saturated carbocycles. The van der Waals surface area contributed by atoms with Crippen LogP contribution in [0.5, 0.6) is 0 Å². The number of rotatable bonds is 8. The van der Waals surface area contributed by atoms with Crippen LogP contribution in [0, 0.1) is 13.8 Å². The number of benzene rings is 2. The number of sulfone groups is 1. The van der Waals surface area contributed by atoms with E-state index in [0.717, 1.165) is 16.0 Å². The summed E-state index contributed by atoms with van der Waals surface area (Å²) >= 11 is 7.76. The number of aromatic amines is 1. The van der Waals surface area contributed by atoms with E-state index in [4.69, 9.17) is 11.6 Å². The van der Waals surface area contributed by atoms with Crippen LogP contribution in [0.25, 0.3) is 10.9 Å². The lowest BCUT2D eigenvalue weighted by Crippen LogP contribution is -2.38. The maximum atomic E-state index is 13.7. The fourth-order valence-electron chi connectivity index (χ4n) is 3.88. The molecule has 4 rings (SSSR count). The van der Waals surface area contributed by atoms with E-state index in [1.54, 1.807) is 35.6 Å². The first-order chi connectivity index (χ1) is 16.6. The molecule has 2 aromatic carbocycles. The minimum atomic E-state index is -4.09. The van der Waals surface area contributed by atoms with Gasteiger partial charge in [0.1, 0.15) is 10.6 Å². The maximum Gasteiger partial charge on any atom is 0.269 e. The summed E-state index contributed by atoms with van der Waals surface area (Å²) in [5, 5.41) is 7.89. The molecule has 3 N–H and O–H groups in total. The standard InChI is InChI=1S/C25H24ClN3O4S2/c1-15-10-16(2)12-19(11-15)35(32,33)24-20-13-17(26)5-6-21(20)29-23(24)25(31)28-14-22(30)27-8-7-18-4-3-9-34-18/h3-6,9-13,29H,7-8,14H2,1-2H3,(H,27,30)(H,28,31). The maximum absolute atomic E-state index is 13.7. The fraction of sp³-hybridized carbons (Fsp3) is 0.200. The van der Waals surface area contributed by atoms with Crippen LogP contribution >= 0.6 is 22.9 Å².